The van der Waals surface area contributed by atoms with Crippen molar-refractivity contribution in [2.24, 2.45) is 10.8 Å². The first kappa shape index (κ1) is 27.9. The number of hydrogen-bond donors (Lipinski definition) is 2. The Morgan fingerprint density at radius 2 is 1.55 bits per heavy atom. The molecule has 4 rings (SSSR count). The molecule has 2 aromatic carbocycles. The molecule has 2 aromatic rings. The van der Waals surface area contributed by atoms with Crippen molar-refractivity contribution in [3.8, 4) is 0 Å². The molecular formula is C26H33F4N7S. The minimum absolute atomic E-state index is 0.0177. The molecule has 2 aliphatic rings. The van der Waals surface area contributed by atoms with E-state index in [2.05, 4.69) is 34.2 Å². The number of hydrazone groups is 1. The highest BCUT2D eigenvalue weighted by molar-refractivity contribution is 7.80. The number of anilines is 3. The van der Waals surface area contributed by atoms with Gasteiger partial charge in [0.15, 0.2) is 5.11 Å². The topological polar surface area (TPSA) is 63.4 Å². The highest BCUT2D eigenvalue weighted by Crippen LogP contribution is 2.34. The first-order valence-corrected chi connectivity index (χ1v) is 13.0. The molecule has 38 heavy (non-hydrogen) atoms. The van der Waals surface area contributed by atoms with Crippen LogP contribution in [0.4, 0.5) is 34.6 Å². The number of thiocarbonyl (C=S) groups is 1. The minimum Gasteiger partial charge on any atom is -0.375 e. The molecule has 0 spiro atoms. The summed E-state index contributed by atoms with van der Waals surface area (Å²) in [5.41, 5.74) is 9.76. The average molecular weight is 552 g/mol. The summed E-state index contributed by atoms with van der Waals surface area (Å²) in [6, 6.07) is 9.09. The summed E-state index contributed by atoms with van der Waals surface area (Å²) in [7, 11) is 0. The van der Waals surface area contributed by atoms with Gasteiger partial charge >= 0.3 is 6.18 Å². The van der Waals surface area contributed by atoms with Gasteiger partial charge in [-0.15, -0.1) is 0 Å². The van der Waals surface area contributed by atoms with E-state index in [4.69, 9.17) is 18.0 Å². The zero-order valence-electron chi connectivity index (χ0n) is 21.5. The second kappa shape index (κ2) is 11.7. The fourth-order valence-electron chi connectivity index (χ4n) is 4.91. The van der Waals surface area contributed by atoms with Crippen LogP contribution in [0.15, 0.2) is 41.5 Å². The van der Waals surface area contributed by atoms with Crippen LogP contribution in [0.3, 0.4) is 0 Å². The van der Waals surface area contributed by atoms with E-state index in [0.29, 0.717) is 49.2 Å². The van der Waals surface area contributed by atoms with Gasteiger partial charge in [0.05, 0.1) is 17.5 Å². The van der Waals surface area contributed by atoms with Crippen molar-refractivity contribution in [3.05, 3.63) is 53.3 Å². The van der Waals surface area contributed by atoms with Gasteiger partial charge in [0.1, 0.15) is 5.82 Å². The summed E-state index contributed by atoms with van der Waals surface area (Å²) in [4.78, 5) is 8.47. The molecular weight excluding hydrogens is 518 g/mol. The van der Waals surface area contributed by atoms with Crippen LogP contribution >= 0.6 is 12.2 Å². The van der Waals surface area contributed by atoms with E-state index in [-0.39, 0.29) is 10.9 Å². The lowest BCUT2D eigenvalue weighted by Gasteiger charge is -2.40. The van der Waals surface area contributed by atoms with Gasteiger partial charge in [-0.05, 0) is 56.4 Å². The number of alkyl halides is 3. The average Bonchev–Trinajstić information content (AvgIpc) is 2.88. The van der Waals surface area contributed by atoms with E-state index in [9.17, 15) is 13.2 Å². The van der Waals surface area contributed by atoms with E-state index in [1.54, 1.807) is 6.07 Å². The first-order valence-electron chi connectivity index (χ1n) is 12.6. The Morgan fingerprint density at radius 1 is 0.947 bits per heavy atom. The molecule has 0 bridgehead atoms. The van der Waals surface area contributed by atoms with Crippen molar-refractivity contribution >= 4 is 40.6 Å². The summed E-state index contributed by atoms with van der Waals surface area (Å²) in [5, 5.41) is 4.06. The van der Waals surface area contributed by atoms with Gasteiger partial charge in [0, 0.05) is 75.3 Å². The third kappa shape index (κ3) is 6.65. The normalized spacial score (nSPS) is 17.5. The summed E-state index contributed by atoms with van der Waals surface area (Å²) < 4.78 is 54.9. The lowest BCUT2D eigenvalue weighted by atomic mass is 10.1. The molecule has 2 aliphatic heterocycles. The van der Waals surface area contributed by atoms with Crippen LogP contribution < -0.4 is 25.9 Å². The number of hydrogen-bond acceptors (Lipinski definition) is 6. The van der Waals surface area contributed by atoms with E-state index < -0.39 is 11.7 Å². The van der Waals surface area contributed by atoms with Crippen LogP contribution in [-0.2, 0) is 6.18 Å². The molecule has 0 saturated carbocycles. The predicted molar refractivity (Wildman–Crippen MR) is 149 cm³/mol. The lowest BCUT2D eigenvalue weighted by molar-refractivity contribution is -0.137. The summed E-state index contributed by atoms with van der Waals surface area (Å²) in [6.07, 6.45) is -2.88. The molecule has 0 aliphatic carbocycles. The fourth-order valence-corrected chi connectivity index (χ4v) is 4.97. The largest absolute Gasteiger partial charge is 0.416 e. The van der Waals surface area contributed by atoms with Crippen molar-refractivity contribution < 1.29 is 17.6 Å². The Bertz CT molecular complexity index is 1150. The molecule has 7 nitrogen and oxygen atoms in total. The third-order valence-electron chi connectivity index (χ3n) is 7.02. The molecule has 0 amide bonds. The van der Waals surface area contributed by atoms with Crippen molar-refractivity contribution in [2.45, 2.75) is 26.1 Å². The lowest BCUT2D eigenvalue weighted by Crippen LogP contribution is -2.49. The SMILES string of the molecule is CC(C)N1CCN(c2cc(N3CCN(c4cccc(C(F)(F)F)c4)CC3)c(F)cc2C=NNC(N)=S)CC1. The number of halogens is 4. The quantitative estimate of drug-likeness (QED) is 0.245. The van der Waals surface area contributed by atoms with Gasteiger partial charge in [-0.1, -0.05) is 6.07 Å². The smallest absolute Gasteiger partial charge is 0.375 e. The number of nitrogens with two attached hydrogens (primary N) is 1. The van der Waals surface area contributed by atoms with Gasteiger partial charge < -0.3 is 20.4 Å². The Morgan fingerprint density at radius 3 is 2.16 bits per heavy atom. The predicted octanol–water partition coefficient (Wildman–Crippen LogP) is 3.87. The summed E-state index contributed by atoms with van der Waals surface area (Å²) in [6.45, 7) is 9.60. The van der Waals surface area contributed by atoms with E-state index in [1.807, 2.05) is 15.9 Å². The number of nitrogens with one attached hydrogen (secondary N) is 1. The third-order valence-corrected chi connectivity index (χ3v) is 7.11. The molecule has 2 saturated heterocycles. The van der Waals surface area contributed by atoms with Crippen molar-refractivity contribution in [1.29, 1.82) is 0 Å². The maximum Gasteiger partial charge on any atom is 0.416 e. The molecule has 0 radical (unpaired) electrons. The maximum atomic E-state index is 15.4. The van der Waals surface area contributed by atoms with Gasteiger partial charge in [0.2, 0.25) is 0 Å². The van der Waals surface area contributed by atoms with Crippen LogP contribution in [0.2, 0.25) is 0 Å². The highest BCUT2D eigenvalue weighted by atomic mass is 32.1. The zero-order valence-corrected chi connectivity index (χ0v) is 22.3. The Hall–Kier alpha value is -3.12. The molecule has 2 fully saturated rings. The first-order chi connectivity index (χ1) is 18.0. The minimum atomic E-state index is -4.40. The molecule has 206 valence electrons. The molecule has 12 heteroatoms. The molecule has 2 heterocycles. The van der Waals surface area contributed by atoms with Gasteiger partial charge in [-0.2, -0.15) is 18.3 Å². The van der Waals surface area contributed by atoms with Crippen LogP contribution in [0.25, 0.3) is 0 Å². The van der Waals surface area contributed by atoms with Crippen LogP contribution in [-0.4, -0.2) is 74.6 Å². The standard InChI is InChI=1S/C26H33F4N7S/c1-18(2)34-6-10-36(11-7-34)23-16-24(22(27)14-19(23)17-32-33-25(31)38)37-12-8-35(9-13-37)21-5-3-4-20(15-21)26(28,29)30/h3-5,14-18H,6-13H2,1-2H3,(H3,31,33,38). The van der Waals surface area contributed by atoms with Crippen LogP contribution in [0.1, 0.15) is 25.0 Å². The van der Waals surface area contributed by atoms with Crippen molar-refractivity contribution in [2.75, 3.05) is 67.1 Å². The monoisotopic (exact) mass is 551 g/mol. The second-order valence-corrected chi connectivity index (χ2v) is 10.2. The van der Waals surface area contributed by atoms with Crippen molar-refractivity contribution in [3.63, 3.8) is 0 Å². The van der Waals surface area contributed by atoms with Crippen LogP contribution in [0, 0.1) is 5.82 Å². The van der Waals surface area contributed by atoms with Crippen molar-refractivity contribution in [1.82, 2.24) is 10.3 Å². The number of nitrogens with zero attached hydrogens (tertiary/aromatic N) is 5. The number of benzene rings is 2. The van der Waals surface area contributed by atoms with Gasteiger partial charge in [0.25, 0.3) is 0 Å². The second-order valence-electron chi connectivity index (χ2n) is 9.74. The number of rotatable bonds is 6. The molecule has 0 aromatic heterocycles. The zero-order chi connectivity index (χ0) is 27.4. The van der Waals surface area contributed by atoms with Crippen LogP contribution in [0.5, 0.6) is 0 Å². The molecule has 0 atom stereocenters. The molecule has 0 unspecified atom stereocenters. The summed E-state index contributed by atoms with van der Waals surface area (Å²) in [5.74, 6) is -0.390. The Kier molecular flexibility index (Phi) is 8.61. The van der Waals surface area contributed by atoms with E-state index in [1.165, 1.54) is 24.4 Å². The highest BCUT2D eigenvalue weighted by Gasteiger charge is 2.31. The number of piperazine rings is 2. The van der Waals surface area contributed by atoms with E-state index >= 15 is 4.39 Å². The fraction of sp³-hybridized carbons (Fsp3) is 0.462. The Balaban J connectivity index is 1.54. The van der Waals surface area contributed by atoms with Gasteiger partial charge in [-0.25, -0.2) is 4.39 Å². The summed E-state index contributed by atoms with van der Waals surface area (Å²) >= 11 is 4.80. The van der Waals surface area contributed by atoms with E-state index in [0.717, 1.165) is 37.9 Å². The Labute approximate surface area is 225 Å². The van der Waals surface area contributed by atoms with Gasteiger partial charge in [-0.3, -0.25) is 10.3 Å². The maximum absolute atomic E-state index is 15.4. The molecule has 3 N–H and O–H groups in total.